The van der Waals surface area contributed by atoms with Crippen molar-refractivity contribution in [1.82, 2.24) is 20.3 Å². The third kappa shape index (κ3) is 6.05. The van der Waals surface area contributed by atoms with Crippen LogP contribution < -0.4 is 5.32 Å². The molecule has 8 heteroatoms. The summed E-state index contributed by atoms with van der Waals surface area (Å²) < 4.78 is 9.93. The van der Waals surface area contributed by atoms with Gasteiger partial charge in [0.1, 0.15) is 6.26 Å². The Labute approximate surface area is 171 Å². The van der Waals surface area contributed by atoms with E-state index < -0.39 is 0 Å². The van der Waals surface area contributed by atoms with Crippen LogP contribution in [0.25, 0.3) is 0 Å². The Morgan fingerprint density at radius 1 is 1.17 bits per heavy atom. The molecule has 0 radical (unpaired) electrons. The summed E-state index contributed by atoms with van der Waals surface area (Å²) in [5.74, 6) is 0.627. The lowest BCUT2D eigenvalue weighted by Crippen LogP contribution is -2.52. The van der Waals surface area contributed by atoms with Gasteiger partial charge in [-0.25, -0.2) is 9.79 Å². The summed E-state index contributed by atoms with van der Waals surface area (Å²) in [6, 6.07) is 9.34. The van der Waals surface area contributed by atoms with Gasteiger partial charge in [-0.1, -0.05) is 17.3 Å². The van der Waals surface area contributed by atoms with Gasteiger partial charge in [-0.3, -0.25) is 4.90 Å². The molecule has 29 heavy (non-hydrogen) atoms. The van der Waals surface area contributed by atoms with Gasteiger partial charge in [0.25, 0.3) is 0 Å². The Hall–Kier alpha value is -2.87. The van der Waals surface area contributed by atoms with E-state index in [1.54, 1.807) is 25.3 Å². The van der Waals surface area contributed by atoms with Crippen LogP contribution in [0.4, 0.5) is 0 Å². The van der Waals surface area contributed by atoms with Gasteiger partial charge in [-0.2, -0.15) is 0 Å². The number of hydrogen-bond donors (Lipinski definition) is 1. The maximum absolute atomic E-state index is 11.8. The molecule has 0 aliphatic carbocycles. The van der Waals surface area contributed by atoms with E-state index in [4.69, 9.17) is 14.3 Å². The second kappa shape index (κ2) is 10.6. The van der Waals surface area contributed by atoms with E-state index >= 15 is 0 Å². The van der Waals surface area contributed by atoms with E-state index in [2.05, 4.69) is 27.2 Å². The summed E-state index contributed by atoms with van der Waals surface area (Å²) in [5, 5.41) is 7.37. The zero-order chi connectivity index (χ0) is 20.5. The molecular formula is C21H29N5O3. The molecular weight excluding hydrogens is 370 g/mol. The minimum atomic E-state index is -0.292. The minimum absolute atomic E-state index is 0.292. The lowest BCUT2D eigenvalue weighted by atomic mass is 10.1. The van der Waals surface area contributed by atoms with Gasteiger partial charge in [0.2, 0.25) is 0 Å². The molecule has 1 aromatic carbocycles. The third-order valence-electron chi connectivity index (χ3n) is 4.76. The molecule has 2 heterocycles. The Bertz CT molecular complexity index is 781. The monoisotopic (exact) mass is 399 g/mol. The quantitative estimate of drug-likeness (QED) is 0.434. The lowest BCUT2D eigenvalue weighted by Gasteiger charge is -2.36. The molecule has 1 fully saturated rings. The third-order valence-corrected chi connectivity index (χ3v) is 4.76. The highest BCUT2D eigenvalue weighted by Crippen LogP contribution is 2.10. The van der Waals surface area contributed by atoms with Crippen molar-refractivity contribution < 1.29 is 14.1 Å². The summed E-state index contributed by atoms with van der Waals surface area (Å²) in [6.07, 6.45) is 1.61. The Balaban J connectivity index is 1.55. The van der Waals surface area contributed by atoms with Crippen LogP contribution in [0.5, 0.6) is 0 Å². The topological polar surface area (TPSA) is 83.2 Å². The fourth-order valence-corrected chi connectivity index (χ4v) is 3.22. The van der Waals surface area contributed by atoms with Gasteiger partial charge in [-0.15, -0.1) is 0 Å². The molecule has 0 saturated carbocycles. The summed E-state index contributed by atoms with van der Waals surface area (Å²) in [7, 11) is 0. The van der Waals surface area contributed by atoms with Gasteiger partial charge in [0.05, 0.1) is 24.4 Å². The first-order valence-corrected chi connectivity index (χ1v) is 10.1. The molecule has 3 rings (SSSR count). The smallest absolute Gasteiger partial charge is 0.338 e. The highest BCUT2D eigenvalue weighted by molar-refractivity contribution is 5.89. The van der Waals surface area contributed by atoms with Crippen molar-refractivity contribution in [3.05, 3.63) is 53.4 Å². The number of carbonyl (C=O) groups excluding carboxylic acids is 1. The molecule has 1 aromatic heterocycles. The summed E-state index contributed by atoms with van der Waals surface area (Å²) >= 11 is 0. The lowest BCUT2D eigenvalue weighted by molar-refractivity contribution is 0.0526. The van der Waals surface area contributed by atoms with Crippen molar-refractivity contribution in [2.24, 2.45) is 4.99 Å². The van der Waals surface area contributed by atoms with E-state index in [0.29, 0.717) is 18.7 Å². The van der Waals surface area contributed by atoms with E-state index in [9.17, 15) is 4.79 Å². The summed E-state index contributed by atoms with van der Waals surface area (Å²) in [5.41, 5.74) is 2.58. The van der Waals surface area contributed by atoms with Crippen LogP contribution in [0.2, 0.25) is 0 Å². The Kier molecular flexibility index (Phi) is 7.63. The van der Waals surface area contributed by atoms with E-state index in [1.807, 2.05) is 18.2 Å². The predicted octanol–water partition coefficient (Wildman–Crippen LogP) is 2.13. The zero-order valence-corrected chi connectivity index (χ0v) is 17.1. The normalized spacial score (nSPS) is 15.4. The molecule has 156 valence electrons. The number of carbonyl (C=O) groups is 1. The van der Waals surface area contributed by atoms with Crippen molar-refractivity contribution in [3.8, 4) is 0 Å². The van der Waals surface area contributed by atoms with Gasteiger partial charge < -0.3 is 19.5 Å². The first-order valence-electron chi connectivity index (χ1n) is 10.1. The Morgan fingerprint density at radius 3 is 2.55 bits per heavy atom. The molecule has 1 aliphatic rings. The van der Waals surface area contributed by atoms with Crippen LogP contribution in [-0.2, 0) is 17.8 Å². The fraction of sp³-hybridized carbons (Fsp3) is 0.476. The van der Waals surface area contributed by atoms with Crippen molar-refractivity contribution in [3.63, 3.8) is 0 Å². The molecule has 0 atom stereocenters. The number of nitrogens with zero attached hydrogens (tertiary/aromatic N) is 4. The number of nitrogens with one attached hydrogen (secondary N) is 1. The molecule has 0 unspecified atom stereocenters. The van der Waals surface area contributed by atoms with Crippen molar-refractivity contribution in [2.45, 2.75) is 26.9 Å². The predicted molar refractivity (Wildman–Crippen MR) is 111 cm³/mol. The molecule has 2 aromatic rings. The Morgan fingerprint density at radius 2 is 1.93 bits per heavy atom. The van der Waals surface area contributed by atoms with Crippen LogP contribution in [0, 0.1) is 0 Å². The number of guanidine groups is 1. The van der Waals surface area contributed by atoms with Crippen molar-refractivity contribution in [2.75, 3.05) is 39.3 Å². The van der Waals surface area contributed by atoms with E-state index in [1.165, 1.54) is 0 Å². The maximum Gasteiger partial charge on any atom is 0.338 e. The van der Waals surface area contributed by atoms with Crippen LogP contribution in [-0.4, -0.2) is 66.2 Å². The number of ether oxygens (including phenoxy) is 1. The summed E-state index contributed by atoms with van der Waals surface area (Å²) in [6.45, 7) is 10.2. The number of benzene rings is 1. The van der Waals surface area contributed by atoms with Crippen LogP contribution >= 0.6 is 0 Å². The van der Waals surface area contributed by atoms with Crippen LogP contribution in [0.3, 0.4) is 0 Å². The van der Waals surface area contributed by atoms with Gasteiger partial charge in [-0.05, 0) is 31.5 Å². The molecule has 0 bridgehead atoms. The number of esters is 1. The van der Waals surface area contributed by atoms with E-state index in [-0.39, 0.29) is 5.97 Å². The number of rotatable bonds is 7. The first kappa shape index (κ1) is 20.9. The molecule has 8 nitrogen and oxygen atoms in total. The fourth-order valence-electron chi connectivity index (χ4n) is 3.22. The van der Waals surface area contributed by atoms with Crippen molar-refractivity contribution in [1.29, 1.82) is 0 Å². The molecule has 1 aliphatic heterocycles. The largest absolute Gasteiger partial charge is 0.462 e. The summed E-state index contributed by atoms with van der Waals surface area (Å²) in [4.78, 5) is 21.2. The highest BCUT2D eigenvalue weighted by Gasteiger charge is 2.20. The molecule has 1 N–H and O–H groups in total. The molecule has 1 saturated heterocycles. The SMILES string of the molecule is CCNC(=NCc1ccc(C(=O)OCC)cc1)N1CCN(Cc2ccon2)CC1. The highest BCUT2D eigenvalue weighted by atomic mass is 16.5. The zero-order valence-electron chi connectivity index (χ0n) is 17.1. The number of hydrogen-bond acceptors (Lipinski definition) is 6. The second-order valence-corrected chi connectivity index (χ2v) is 6.84. The van der Waals surface area contributed by atoms with Crippen LogP contribution in [0.15, 0.2) is 46.1 Å². The number of piperazine rings is 1. The van der Waals surface area contributed by atoms with Gasteiger partial charge in [0.15, 0.2) is 5.96 Å². The van der Waals surface area contributed by atoms with Crippen LogP contribution in [0.1, 0.15) is 35.5 Å². The average Bonchev–Trinajstić information content (AvgIpc) is 3.25. The number of aliphatic imine (C=N–C) groups is 1. The maximum atomic E-state index is 11.8. The van der Waals surface area contributed by atoms with Crippen molar-refractivity contribution >= 4 is 11.9 Å². The van der Waals surface area contributed by atoms with Gasteiger partial charge >= 0.3 is 5.97 Å². The molecule has 0 spiro atoms. The number of aromatic nitrogens is 1. The average molecular weight is 399 g/mol. The van der Waals surface area contributed by atoms with Gasteiger partial charge in [0, 0.05) is 45.3 Å². The minimum Gasteiger partial charge on any atom is -0.462 e. The first-order chi connectivity index (χ1) is 14.2. The second-order valence-electron chi connectivity index (χ2n) is 6.84. The van der Waals surface area contributed by atoms with E-state index in [0.717, 1.165) is 56.5 Å². The standard InChI is InChI=1S/C21H29N5O3/c1-3-22-21(23-15-17-5-7-18(8-6-17)20(27)28-4-2)26-12-10-25(11-13-26)16-19-9-14-29-24-19/h5-9,14H,3-4,10-13,15-16H2,1-2H3,(H,22,23). The molecule has 0 amide bonds.